The van der Waals surface area contributed by atoms with E-state index in [-0.39, 0.29) is 17.3 Å². The largest absolute Gasteiger partial charge is 0.476 e. The van der Waals surface area contributed by atoms with Crippen LogP contribution < -0.4 is 5.32 Å². The van der Waals surface area contributed by atoms with Crippen LogP contribution in [0.15, 0.2) is 42.6 Å². The Morgan fingerprint density at radius 1 is 1.16 bits per heavy atom. The van der Waals surface area contributed by atoms with Crippen LogP contribution in [0.2, 0.25) is 0 Å². The lowest BCUT2D eigenvalue weighted by Gasteiger charge is -2.07. The van der Waals surface area contributed by atoms with Gasteiger partial charge in [0.05, 0.1) is 5.69 Å². The van der Waals surface area contributed by atoms with Crippen molar-refractivity contribution >= 4 is 40.2 Å². The van der Waals surface area contributed by atoms with E-state index in [0.29, 0.717) is 5.56 Å². The van der Waals surface area contributed by atoms with Gasteiger partial charge >= 0.3 is 5.97 Å². The maximum Gasteiger partial charge on any atom is 0.356 e. The minimum Gasteiger partial charge on any atom is -0.476 e. The number of carboxylic acid groups (broad SMARTS) is 1. The molecule has 1 heterocycles. The fraction of sp³-hybridized carbons (Fsp3) is 0. The van der Waals surface area contributed by atoms with Crippen LogP contribution in [0.4, 0.5) is 5.69 Å². The Morgan fingerprint density at radius 2 is 1.84 bits per heavy atom. The number of carbonyl (C=O) groups is 2. The number of aromatic carboxylic acids is 1. The first-order valence-corrected chi connectivity index (χ1v) is 6.41. The topological polar surface area (TPSA) is 79.3 Å². The zero-order chi connectivity index (χ0) is 13.8. The summed E-state index contributed by atoms with van der Waals surface area (Å²) in [5.41, 5.74) is 0.459. The molecule has 0 atom stereocenters. The van der Waals surface area contributed by atoms with Crippen LogP contribution in [0.3, 0.4) is 0 Å². The fourth-order valence-electron chi connectivity index (χ4n) is 1.47. The summed E-state index contributed by atoms with van der Waals surface area (Å²) < 4.78 is 1.02. The summed E-state index contributed by atoms with van der Waals surface area (Å²) in [4.78, 5) is 26.7. The molecule has 0 bridgehead atoms. The lowest BCUT2D eigenvalue weighted by Crippen LogP contribution is -2.15. The summed E-state index contributed by atoms with van der Waals surface area (Å²) >= 11 is 2.14. The van der Waals surface area contributed by atoms with Gasteiger partial charge in [-0.05, 0) is 59.0 Å². The molecule has 5 nitrogen and oxygen atoms in total. The van der Waals surface area contributed by atoms with E-state index in [1.54, 1.807) is 30.3 Å². The van der Waals surface area contributed by atoms with Crippen LogP contribution in [-0.4, -0.2) is 22.0 Å². The van der Waals surface area contributed by atoms with Gasteiger partial charge in [0.1, 0.15) is 0 Å². The predicted molar refractivity (Wildman–Crippen MR) is 78.3 cm³/mol. The third-order valence-electron chi connectivity index (χ3n) is 2.36. The Hall–Kier alpha value is -1.96. The standard InChI is InChI=1S/C13H9IN2O3/c14-9-5-3-8(4-6-9)12(17)16-10-2-1-7-15-11(10)13(18)19/h1-7H,(H,16,17)(H,18,19). The number of carboxylic acids is 1. The number of pyridine rings is 1. The molecule has 2 N–H and O–H groups in total. The summed E-state index contributed by atoms with van der Waals surface area (Å²) in [6.45, 7) is 0. The van der Waals surface area contributed by atoms with E-state index < -0.39 is 5.97 Å². The highest BCUT2D eigenvalue weighted by molar-refractivity contribution is 14.1. The summed E-state index contributed by atoms with van der Waals surface area (Å²) in [7, 11) is 0. The Bertz CT molecular complexity index is 626. The number of rotatable bonds is 3. The molecule has 19 heavy (non-hydrogen) atoms. The lowest BCUT2D eigenvalue weighted by molar-refractivity contribution is 0.0692. The number of hydrogen-bond donors (Lipinski definition) is 2. The van der Waals surface area contributed by atoms with E-state index in [2.05, 4.69) is 32.9 Å². The number of hydrogen-bond acceptors (Lipinski definition) is 3. The molecule has 0 radical (unpaired) electrons. The van der Waals surface area contributed by atoms with Crippen LogP contribution in [0.5, 0.6) is 0 Å². The first-order valence-electron chi connectivity index (χ1n) is 5.33. The Labute approximate surface area is 122 Å². The normalized spacial score (nSPS) is 9.95. The van der Waals surface area contributed by atoms with Crippen molar-refractivity contribution in [2.45, 2.75) is 0 Å². The highest BCUT2D eigenvalue weighted by atomic mass is 127. The Balaban J connectivity index is 2.24. The number of anilines is 1. The highest BCUT2D eigenvalue weighted by Gasteiger charge is 2.14. The fourth-order valence-corrected chi connectivity index (χ4v) is 1.83. The Kier molecular flexibility index (Phi) is 4.10. The van der Waals surface area contributed by atoms with Gasteiger partial charge < -0.3 is 10.4 Å². The molecule has 0 aliphatic heterocycles. The maximum absolute atomic E-state index is 12.0. The molecule has 0 saturated carbocycles. The van der Waals surface area contributed by atoms with Gasteiger partial charge in [-0.1, -0.05) is 0 Å². The van der Waals surface area contributed by atoms with Gasteiger partial charge in [0.25, 0.3) is 5.91 Å². The van der Waals surface area contributed by atoms with Gasteiger partial charge in [0, 0.05) is 15.3 Å². The highest BCUT2D eigenvalue weighted by Crippen LogP contribution is 2.14. The zero-order valence-corrected chi connectivity index (χ0v) is 11.8. The maximum atomic E-state index is 12.0. The zero-order valence-electron chi connectivity index (χ0n) is 9.63. The second-order valence-corrected chi connectivity index (χ2v) is 4.91. The van der Waals surface area contributed by atoms with Crippen LogP contribution in [0, 0.1) is 3.57 Å². The minimum absolute atomic E-state index is 0.179. The molecule has 6 heteroatoms. The molecule has 1 aromatic heterocycles. The van der Waals surface area contributed by atoms with Crippen molar-refractivity contribution in [1.82, 2.24) is 4.98 Å². The van der Waals surface area contributed by atoms with E-state index >= 15 is 0 Å². The summed E-state index contributed by atoms with van der Waals surface area (Å²) in [6.07, 6.45) is 1.37. The van der Waals surface area contributed by atoms with Crippen molar-refractivity contribution in [3.8, 4) is 0 Å². The molecule has 96 valence electrons. The van der Waals surface area contributed by atoms with Crippen molar-refractivity contribution in [2.24, 2.45) is 0 Å². The van der Waals surface area contributed by atoms with Gasteiger partial charge in [-0.15, -0.1) is 0 Å². The molecule has 1 amide bonds. The molecule has 0 fully saturated rings. The molecule has 0 aliphatic rings. The molecular weight excluding hydrogens is 359 g/mol. The predicted octanol–water partition coefficient (Wildman–Crippen LogP) is 2.64. The summed E-state index contributed by atoms with van der Waals surface area (Å²) in [6, 6.07) is 10.0. The number of carbonyl (C=O) groups excluding carboxylic acids is 1. The first kappa shape index (κ1) is 13.5. The first-order chi connectivity index (χ1) is 9.08. The van der Waals surface area contributed by atoms with Crippen LogP contribution in [-0.2, 0) is 0 Å². The number of nitrogens with zero attached hydrogens (tertiary/aromatic N) is 1. The monoisotopic (exact) mass is 368 g/mol. The van der Waals surface area contributed by atoms with Gasteiger partial charge in [0.15, 0.2) is 5.69 Å². The van der Waals surface area contributed by atoms with Crippen LogP contribution in [0.1, 0.15) is 20.8 Å². The second-order valence-electron chi connectivity index (χ2n) is 3.67. The average Bonchev–Trinajstić information content (AvgIpc) is 2.39. The van der Waals surface area contributed by atoms with Crippen molar-refractivity contribution in [1.29, 1.82) is 0 Å². The number of halogens is 1. The quantitative estimate of drug-likeness (QED) is 0.817. The number of amides is 1. The van der Waals surface area contributed by atoms with E-state index in [0.717, 1.165) is 3.57 Å². The lowest BCUT2D eigenvalue weighted by atomic mass is 10.2. The molecule has 2 rings (SSSR count). The third kappa shape index (κ3) is 3.28. The van der Waals surface area contributed by atoms with Gasteiger partial charge in [-0.2, -0.15) is 0 Å². The van der Waals surface area contributed by atoms with Crippen molar-refractivity contribution in [2.75, 3.05) is 5.32 Å². The van der Waals surface area contributed by atoms with Crippen molar-refractivity contribution < 1.29 is 14.7 Å². The Morgan fingerprint density at radius 3 is 2.47 bits per heavy atom. The van der Waals surface area contributed by atoms with E-state index in [1.165, 1.54) is 12.3 Å². The van der Waals surface area contributed by atoms with E-state index in [4.69, 9.17) is 5.11 Å². The van der Waals surface area contributed by atoms with Crippen LogP contribution in [0.25, 0.3) is 0 Å². The summed E-state index contributed by atoms with van der Waals surface area (Å²) in [5, 5.41) is 11.5. The molecule has 2 aromatic rings. The number of benzene rings is 1. The number of nitrogens with one attached hydrogen (secondary N) is 1. The van der Waals surface area contributed by atoms with Crippen molar-refractivity contribution in [3.63, 3.8) is 0 Å². The second kappa shape index (κ2) is 5.79. The molecule has 0 spiro atoms. The van der Waals surface area contributed by atoms with Crippen LogP contribution >= 0.6 is 22.6 Å². The smallest absolute Gasteiger partial charge is 0.356 e. The third-order valence-corrected chi connectivity index (χ3v) is 3.08. The van der Waals surface area contributed by atoms with Gasteiger partial charge in [-0.3, -0.25) is 4.79 Å². The molecule has 1 aromatic carbocycles. The van der Waals surface area contributed by atoms with E-state index in [9.17, 15) is 9.59 Å². The average molecular weight is 368 g/mol. The molecular formula is C13H9IN2O3. The minimum atomic E-state index is -1.18. The number of aromatic nitrogens is 1. The van der Waals surface area contributed by atoms with Crippen molar-refractivity contribution in [3.05, 3.63) is 57.4 Å². The SMILES string of the molecule is O=C(Nc1cccnc1C(=O)O)c1ccc(I)cc1. The van der Waals surface area contributed by atoms with E-state index in [1.807, 2.05) is 0 Å². The molecule has 0 saturated heterocycles. The van der Waals surface area contributed by atoms with Gasteiger partial charge in [-0.25, -0.2) is 9.78 Å². The van der Waals surface area contributed by atoms with Gasteiger partial charge in [0.2, 0.25) is 0 Å². The summed E-state index contributed by atoms with van der Waals surface area (Å²) in [5.74, 6) is -1.55. The molecule has 0 unspecified atom stereocenters. The molecule has 0 aliphatic carbocycles.